The summed E-state index contributed by atoms with van der Waals surface area (Å²) in [6, 6.07) is 9.98. The van der Waals surface area contributed by atoms with E-state index in [1.165, 1.54) is 0 Å². The van der Waals surface area contributed by atoms with E-state index in [1.54, 1.807) is 17.1 Å². The number of nitrogens with zero attached hydrogens (tertiary/aromatic N) is 3. The third-order valence-corrected chi connectivity index (χ3v) is 3.15. The number of hydrogen-bond acceptors (Lipinski definition) is 2. The third-order valence-electron chi connectivity index (χ3n) is 2.68. The quantitative estimate of drug-likeness (QED) is 0.667. The molecule has 0 unspecified atom stereocenters. The van der Waals surface area contributed by atoms with Crippen LogP contribution in [0.2, 0.25) is 5.02 Å². The molecular weight excluding hydrogens is 269 g/mol. The highest BCUT2D eigenvalue weighted by molar-refractivity contribution is 6.30. The normalized spacial score (nSPS) is 11.0. The Morgan fingerprint density at radius 2 is 2.06 bits per heavy atom. The first-order valence-corrected chi connectivity index (χ1v) is 6.34. The molecule has 0 N–H and O–H groups in total. The van der Waals surface area contributed by atoms with Gasteiger partial charge in [0.2, 0.25) is 0 Å². The number of pyridine rings is 1. The van der Waals surface area contributed by atoms with Crippen LogP contribution in [0.5, 0.6) is 0 Å². The Kier molecular flexibility index (Phi) is 2.94. The van der Waals surface area contributed by atoms with Crippen molar-refractivity contribution in [2.45, 2.75) is 5.88 Å². The van der Waals surface area contributed by atoms with Crippen LogP contribution in [0.4, 0.5) is 0 Å². The van der Waals surface area contributed by atoms with Gasteiger partial charge in [0.05, 0.1) is 29.0 Å². The minimum absolute atomic E-state index is 0.368. The molecule has 0 saturated carbocycles. The summed E-state index contributed by atoms with van der Waals surface area (Å²) in [7, 11) is 0. The lowest BCUT2D eigenvalue weighted by Crippen LogP contribution is -2.01. The molecule has 2 aromatic heterocycles. The lowest BCUT2D eigenvalue weighted by molar-refractivity contribution is 0.849. The van der Waals surface area contributed by atoms with E-state index in [-0.39, 0.29) is 0 Å². The maximum absolute atomic E-state index is 5.90. The average molecular weight is 278 g/mol. The van der Waals surface area contributed by atoms with Crippen LogP contribution in [0.15, 0.2) is 42.7 Å². The summed E-state index contributed by atoms with van der Waals surface area (Å²) in [4.78, 5) is 4.51. The second-order valence-corrected chi connectivity index (χ2v) is 4.60. The van der Waals surface area contributed by atoms with Crippen LogP contribution in [0.25, 0.3) is 16.6 Å². The smallest absolute Gasteiger partial charge is 0.161 e. The Morgan fingerprint density at radius 1 is 1.22 bits per heavy atom. The van der Waals surface area contributed by atoms with Crippen molar-refractivity contribution in [3.05, 3.63) is 53.4 Å². The molecule has 0 amide bonds. The van der Waals surface area contributed by atoms with E-state index in [0.29, 0.717) is 10.9 Å². The van der Waals surface area contributed by atoms with Crippen LogP contribution in [0, 0.1) is 0 Å². The zero-order chi connectivity index (χ0) is 12.5. The van der Waals surface area contributed by atoms with Crippen LogP contribution in [0.1, 0.15) is 5.69 Å². The second-order valence-electron chi connectivity index (χ2n) is 3.90. The number of rotatable bonds is 2. The maximum Gasteiger partial charge on any atom is 0.161 e. The maximum atomic E-state index is 5.90. The average Bonchev–Trinajstić information content (AvgIpc) is 2.84. The Labute approximate surface area is 114 Å². The molecule has 18 heavy (non-hydrogen) atoms. The molecule has 0 spiro atoms. The topological polar surface area (TPSA) is 30.7 Å². The molecule has 90 valence electrons. The van der Waals surface area contributed by atoms with Crippen LogP contribution >= 0.6 is 23.2 Å². The molecule has 0 aliphatic carbocycles. The summed E-state index contributed by atoms with van der Waals surface area (Å²) in [6.45, 7) is 0. The van der Waals surface area contributed by atoms with Crippen LogP contribution in [0.3, 0.4) is 0 Å². The number of aromatic nitrogens is 3. The summed E-state index contributed by atoms with van der Waals surface area (Å²) in [5.74, 6) is 1.11. The largest absolute Gasteiger partial charge is 0.232 e. The van der Waals surface area contributed by atoms with E-state index in [0.717, 1.165) is 22.3 Å². The van der Waals surface area contributed by atoms with Gasteiger partial charge in [0.15, 0.2) is 5.82 Å². The first-order chi connectivity index (χ1) is 8.78. The minimum atomic E-state index is 0.368. The SMILES string of the molecule is ClCc1cc2ccccc2c(-n2cc(Cl)cn2)n1. The molecule has 1 aromatic carbocycles. The Bertz CT molecular complexity index is 706. The summed E-state index contributed by atoms with van der Waals surface area (Å²) in [5.41, 5.74) is 0.817. The van der Waals surface area contributed by atoms with Crippen LogP contribution in [-0.2, 0) is 5.88 Å². The van der Waals surface area contributed by atoms with E-state index in [9.17, 15) is 0 Å². The summed E-state index contributed by atoms with van der Waals surface area (Å²) >= 11 is 11.8. The molecular formula is C13H9Cl2N3. The Balaban J connectivity index is 2.32. The van der Waals surface area contributed by atoms with Crippen LogP contribution in [-0.4, -0.2) is 14.8 Å². The van der Waals surface area contributed by atoms with E-state index in [4.69, 9.17) is 23.2 Å². The standard InChI is InChI=1S/C13H9Cl2N3/c14-6-11-5-9-3-1-2-4-12(9)13(17-11)18-8-10(15)7-16-18/h1-5,7-8H,6H2. The van der Waals surface area contributed by atoms with Gasteiger partial charge in [-0.1, -0.05) is 35.9 Å². The van der Waals surface area contributed by atoms with E-state index < -0.39 is 0 Å². The van der Waals surface area contributed by atoms with Crippen LogP contribution < -0.4 is 0 Å². The number of fused-ring (bicyclic) bond motifs is 1. The van der Waals surface area contributed by atoms with Crippen molar-refractivity contribution in [3.63, 3.8) is 0 Å². The fourth-order valence-electron chi connectivity index (χ4n) is 1.89. The minimum Gasteiger partial charge on any atom is -0.232 e. The van der Waals surface area contributed by atoms with Crippen molar-refractivity contribution in [3.8, 4) is 5.82 Å². The van der Waals surface area contributed by atoms with Gasteiger partial charge in [0.1, 0.15) is 0 Å². The van der Waals surface area contributed by atoms with E-state index in [1.807, 2.05) is 30.3 Å². The first kappa shape index (κ1) is 11.5. The summed E-state index contributed by atoms with van der Waals surface area (Å²) in [6.07, 6.45) is 3.32. The van der Waals surface area contributed by atoms with Crippen molar-refractivity contribution in [2.24, 2.45) is 0 Å². The fourth-order valence-corrected chi connectivity index (χ4v) is 2.17. The Hall–Kier alpha value is -1.58. The molecule has 0 radical (unpaired) electrons. The highest BCUT2D eigenvalue weighted by atomic mass is 35.5. The van der Waals surface area contributed by atoms with Gasteiger partial charge in [-0.25, -0.2) is 9.67 Å². The van der Waals surface area contributed by atoms with Gasteiger partial charge in [-0.05, 0) is 11.5 Å². The summed E-state index contributed by atoms with van der Waals surface area (Å²) in [5, 5.41) is 6.88. The van der Waals surface area contributed by atoms with Crippen molar-refractivity contribution in [2.75, 3.05) is 0 Å². The highest BCUT2D eigenvalue weighted by Gasteiger charge is 2.08. The predicted molar refractivity (Wildman–Crippen MR) is 73.4 cm³/mol. The molecule has 0 aliphatic rings. The lowest BCUT2D eigenvalue weighted by Gasteiger charge is -2.07. The number of benzene rings is 1. The first-order valence-electron chi connectivity index (χ1n) is 5.43. The van der Waals surface area contributed by atoms with Gasteiger partial charge in [-0.2, -0.15) is 5.10 Å². The molecule has 3 rings (SSSR count). The molecule has 0 saturated heterocycles. The van der Waals surface area contributed by atoms with Crippen molar-refractivity contribution in [1.29, 1.82) is 0 Å². The monoisotopic (exact) mass is 277 g/mol. The molecule has 0 atom stereocenters. The molecule has 0 fully saturated rings. The van der Waals surface area contributed by atoms with Crippen molar-refractivity contribution < 1.29 is 0 Å². The molecule has 5 heteroatoms. The number of halogens is 2. The van der Waals surface area contributed by atoms with E-state index >= 15 is 0 Å². The fraction of sp³-hybridized carbons (Fsp3) is 0.0769. The Morgan fingerprint density at radius 3 is 2.78 bits per heavy atom. The lowest BCUT2D eigenvalue weighted by atomic mass is 10.1. The number of hydrogen-bond donors (Lipinski definition) is 0. The van der Waals surface area contributed by atoms with E-state index in [2.05, 4.69) is 10.1 Å². The molecule has 0 bridgehead atoms. The highest BCUT2D eigenvalue weighted by Crippen LogP contribution is 2.22. The van der Waals surface area contributed by atoms with Gasteiger partial charge in [0.25, 0.3) is 0 Å². The van der Waals surface area contributed by atoms with Crippen molar-refractivity contribution >= 4 is 34.0 Å². The summed E-state index contributed by atoms with van der Waals surface area (Å²) < 4.78 is 1.67. The van der Waals surface area contributed by atoms with Gasteiger partial charge in [0, 0.05) is 5.39 Å². The van der Waals surface area contributed by atoms with Gasteiger partial charge < -0.3 is 0 Å². The van der Waals surface area contributed by atoms with Gasteiger partial charge >= 0.3 is 0 Å². The van der Waals surface area contributed by atoms with Gasteiger partial charge in [-0.15, -0.1) is 11.6 Å². The molecule has 3 nitrogen and oxygen atoms in total. The van der Waals surface area contributed by atoms with Crippen molar-refractivity contribution in [1.82, 2.24) is 14.8 Å². The second kappa shape index (κ2) is 4.59. The molecule has 3 aromatic rings. The third kappa shape index (κ3) is 1.96. The van der Waals surface area contributed by atoms with Gasteiger partial charge in [-0.3, -0.25) is 0 Å². The predicted octanol–water partition coefficient (Wildman–Crippen LogP) is 3.81. The molecule has 2 heterocycles. The molecule has 0 aliphatic heterocycles. The zero-order valence-electron chi connectivity index (χ0n) is 9.35. The zero-order valence-corrected chi connectivity index (χ0v) is 10.9. The number of alkyl halides is 1.